The van der Waals surface area contributed by atoms with E-state index in [1.807, 2.05) is 0 Å². The molecular weight excluding hydrogens is 235 g/mol. The summed E-state index contributed by atoms with van der Waals surface area (Å²) >= 11 is 5.62. The van der Waals surface area contributed by atoms with E-state index in [0.29, 0.717) is 0 Å². The molecule has 0 aliphatic carbocycles. The number of nitrogens with zero attached hydrogens (tertiary/aromatic N) is 3. The molecule has 4 aliphatic heterocycles. The van der Waals surface area contributed by atoms with E-state index in [1.54, 1.807) is 10.4 Å². The molecule has 4 saturated heterocycles. The van der Waals surface area contributed by atoms with Crippen LogP contribution in [-0.2, 0) is 0 Å². The molecule has 0 aromatic heterocycles. The van der Waals surface area contributed by atoms with Gasteiger partial charge >= 0.3 is 0 Å². The summed E-state index contributed by atoms with van der Waals surface area (Å²) in [7, 11) is 0. The lowest BCUT2D eigenvalue weighted by Crippen LogP contribution is -3.23. The Hall–Kier alpha value is 0.160. The van der Waals surface area contributed by atoms with E-state index in [0.717, 1.165) is 6.54 Å². The van der Waals surface area contributed by atoms with Gasteiger partial charge in [-0.2, -0.15) is 9.80 Å². The predicted octanol–water partition coefficient (Wildman–Crippen LogP) is -0.748. The van der Waals surface area contributed by atoms with Crippen molar-refractivity contribution in [3.05, 3.63) is 11.6 Å². The molecule has 4 fully saturated rings. The fourth-order valence-corrected chi connectivity index (χ4v) is 3.35. The van der Waals surface area contributed by atoms with Gasteiger partial charge in [-0.05, 0) is 6.08 Å². The summed E-state index contributed by atoms with van der Waals surface area (Å²) in [4.78, 5) is 6.80. The number of hydrogen-bond donors (Lipinski definition) is 1. The molecule has 15 heavy (non-hydrogen) atoms. The van der Waals surface area contributed by atoms with Gasteiger partial charge in [0.25, 0.3) is 0 Å². The number of rotatable bonds is 2. The van der Waals surface area contributed by atoms with Crippen molar-refractivity contribution in [2.75, 3.05) is 46.6 Å². The van der Waals surface area contributed by atoms with Crippen molar-refractivity contribution in [1.82, 2.24) is 9.80 Å². The molecule has 4 heterocycles. The molecule has 0 saturated carbocycles. The minimum atomic E-state index is 0. The van der Waals surface area contributed by atoms with Crippen LogP contribution >= 0.6 is 24.0 Å². The predicted molar refractivity (Wildman–Crippen MR) is 61.2 cm³/mol. The summed E-state index contributed by atoms with van der Waals surface area (Å²) in [6.07, 6.45) is 2.09. The van der Waals surface area contributed by atoms with Crippen LogP contribution in [0, 0.1) is 0 Å². The monoisotopic (exact) mass is 252 g/mol. The maximum absolute atomic E-state index is 5.62. The van der Waals surface area contributed by atoms with Gasteiger partial charge in [0.1, 0.15) is 33.2 Å². The van der Waals surface area contributed by atoms with Crippen molar-refractivity contribution in [2.24, 2.45) is 0 Å². The second-order valence-electron chi connectivity index (χ2n) is 4.88. The molecule has 4 bridgehead atoms. The highest BCUT2D eigenvalue weighted by atomic mass is 35.5. The molecule has 86 valence electrons. The van der Waals surface area contributed by atoms with Crippen LogP contribution < -0.4 is 4.90 Å². The van der Waals surface area contributed by atoms with Crippen molar-refractivity contribution in [3.63, 3.8) is 0 Å². The average molecular weight is 253 g/mol. The third kappa shape index (κ3) is 2.02. The molecule has 0 spiro atoms. The second-order valence-corrected chi connectivity index (χ2v) is 5.13. The molecule has 4 atom stereocenters. The normalized spacial score (nSPS) is 47.1. The van der Waals surface area contributed by atoms with Crippen LogP contribution in [0.2, 0.25) is 0 Å². The fourth-order valence-electron chi connectivity index (χ4n) is 3.27. The van der Waals surface area contributed by atoms with Gasteiger partial charge in [0, 0.05) is 5.54 Å². The number of quaternary nitrogens is 2. The van der Waals surface area contributed by atoms with Crippen LogP contribution in [-0.4, -0.2) is 60.8 Å². The van der Waals surface area contributed by atoms with Crippen LogP contribution in [0.4, 0.5) is 0 Å². The highest BCUT2D eigenvalue weighted by Crippen LogP contribution is 2.19. The molecule has 1 N–H and O–H groups in total. The molecule has 4 nitrogen and oxygen atoms in total. The fraction of sp³-hybridized carbons (Fsp3) is 0.778. The molecule has 0 aromatic rings. The Bertz CT molecular complexity index is 234. The second kappa shape index (κ2) is 4.20. The van der Waals surface area contributed by atoms with Crippen LogP contribution in [0.5, 0.6) is 0 Å². The first-order valence-electron chi connectivity index (χ1n) is 5.18. The molecule has 4 rings (SSSR count). The molecule has 0 amide bonds. The molecule has 4 aliphatic rings. The van der Waals surface area contributed by atoms with Crippen LogP contribution in [0.15, 0.2) is 11.6 Å². The summed E-state index contributed by atoms with van der Waals surface area (Å²) in [6, 6.07) is 0. The molecule has 1 unspecified atom stereocenters. The van der Waals surface area contributed by atoms with Gasteiger partial charge in [-0.25, -0.2) is 4.48 Å². The Morgan fingerprint density at radius 1 is 1.27 bits per heavy atom. The van der Waals surface area contributed by atoms with Gasteiger partial charge < -0.3 is 0 Å². The van der Waals surface area contributed by atoms with Gasteiger partial charge in [0.05, 0.1) is 6.67 Å². The topological polar surface area (TPSA) is 10.9 Å². The lowest BCUT2D eigenvalue weighted by Gasteiger charge is -2.57. The summed E-state index contributed by atoms with van der Waals surface area (Å²) in [5.74, 6) is 0. The zero-order valence-electron chi connectivity index (χ0n) is 8.73. The average Bonchev–Trinajstić information content (AvgIpc) is 2.12. The largest absolute Gasteiger partial charge is 0.263 e. The first-order valence-corrected chi connectivity index (χ1v) is 5.62. The van der Waals surface area contributed by atoms with Crippen LogP contribution in [0.25, 0.3) is 0 Å². The molecule has 0 radical (unpaired) electrons. The van der Waals surface area contributed by atoms with Crippen molar-refractivity contribution < 1.29 is 9.38 Å². The zero-order valence-corrected chi connectivity index (χ0v) is 10.3. The van der Waals surface area contributed by atoms with E-state index in [9.17, 15) is 0 Å². The molecular formula is C9H18Cl2N4+2. The number of nitrogens with one attached hydrogen (secondary N) is 1. The highest BCUT2D eigenvalue weighted by Gasteiger charge is 2.50. The van der Waals surface area contributed by atoms with Gasteiger partial charge in [0.2, 0.25) is 6.67 Å². The third-order valence-electron chi connectivity index (χ3n) is 3.44. The SMILES string of the molecule is Cl.ClC=CC[N+]12C[N@]3C[N@@](C[N@@H+](C3)C1)C2. The lowest BCUT2D eigenvalue weighted by atomic mass is 10.3. The van der Waals surface area contributed by atoms with E-state index < -0.39 is 0 Å². The Labute approximate surface area is 102 Å². The van der Waals surface area contributed by atoms with Crippen LogP contribution in [0.3, 0.4) is 0 Å². The van der Waals surface area contributed by atoms with Crippen molar-refractivity contribution in [3.8, 4) is 0 Å². The Kier molecular flexibility index (Phi) is 3.26. The summed E-state index contributed by atoms with van der Waals surface area (Å²) < 4.78 is 1.18. The minimum absolute atomic E-state index is 0. The highest BCUT2D eigenvalue weighted by molar-refractivity contribution is 6.25. The van der Waals surface area contributed by atoms with E-state index in [4.69, 9.17) is 11.6 Å². The minimum Gasteiger partial charge on any atom is -0.263 e. The summed E-state index contributed by atoms with van der Waals surface area (Å²) in [5, 5.41) is 0. The van der Waals surface area contributed by atoms with Gasteiger partial charge in [-0.3, -0.25) is 4.90 Å². The Balaban J connectivity index is 0.000000853. The lowest BCUT2D eigenvalue weighted by molar-refractivity contribution is -1.16. The van der Waals surface area contributed by atoms with E-state index >= 15 is 0 Å². The summed E-state index contributed by atoms with van der Waals surface area (Å²) in [5.41, 5.74) is 1.66. The Morgan fingerprint density at radius 2 is 1.93 bits per heavy atom. The van der Waals surface area contributed by atoms with Gasteiger partial charge in [-0.15, -0.1) is 12.4 Å². The van der Waals surface area contributed by atoms with Gasteiger partial charge in [-0.1, -0.05) is 11.6 Å². The number of halogens is 2. The molecule has 6 heteroatoms. The van der Waals surface area contributed by atoms with Crippen molar-refractivity contribution in [2.45, 2.75) is 0 Å². The summed E-state index contributed by atoms with van der Waals surface area (Å²) in [6.45, 7) is 8.42. The first kappa shape index (κ1) is 11.6. The van der Waals surface area contributed by atoms with E-state index in [1.165, 1.54) is 44.5 Å². The maximum atomic E-state index is 5.62. The van der Waals surface area contributed by atoms with Gasteiger partial charge in [0.15, 0.2) is 0 Å². The zero-order chi connectivity index (χ0) is 9.60. The van der Waals surface area contributed by atoms with E-state index in [2.05, 4.69) is 15.9 Å². The first-order chi connectivity index (χ1) is 6.80. The smallest absolute Gasteiger partial charge is 0.210 e. The van der Waals surface area contributed by atoms with Crippen molar-refractivity contribution in [1.29, 1.82) is 0 Å². The third-order valence-corrected chi connectivity index (χ3v) is 3.61. The number of hydrogen-bond acceptors (Lipinski definition) is 2. The quantitative estimate of drug-likeness (QED) is 0.649. The molecule has 0 aromatic carbocycles. The maximum Gasteiger partial charge on any atom is 0.210 e. The standard InChI is InChI=1S/C9H16ClN4.ClH/c10-2-1-3-14-7-11-4-12(8-14)6-13(5-11)9-14;/h1-2H,3-9H2;1H/q+1;/p+1. The van der Waals surface area contributed by atoms with E-state index in [-0.39, 0.29) is 12.4 Å². The van der Waals surface area contributed by atoms with Crippen LogP contribution in [0.1, 0.15) is 0 Å². The Morgan fingerprint density at radius 3 is 2.47 bits per heavy atom. The van der Waals surface area contributed by atoms with Crippen molar-refractivity contribution >= 4 is 24.0 Å².